The van der Waals surface area contributed by atoms with Crippen molar-refractivity contribution in [2.24, 2.45) is 0 Å². The summed E-state index contributed by atoms with van der Waals surface area (Å²) in [6, 6.07) is 6.93. The minimum Gasteiger partial charge on any atom is -0.496 e. The van der Waals surface area contributed by atoms with Gasteiger partial charge in [-0.25, -0.2) is 0 Å². The van der Waals surface area contributed by atoms with Crippen LogP contribution in [0.15, 0.2) is 36.4 Å². The molecule has 3 nitrogen and oxygen atoms in total. The first-order valence-corrected chi connectivity index (χ1v) is 8.58. The van der Waals surface area contributed by atoms with Crippen LogP contribution in [-0.4, -0.2) is 17.8 Å². The van der Waals surface area contributed by atoms with Gasteiger partial charge in [0.05, 0.1) is 24.8 Å². The number of halogens is 3. The molecule has 144 valence electrons. The minimum absolute atomic E-state index is 0.251. The normalized spacial score (nSPS) is 15.6. The zero-order chi connectivity index (χ0) is 20.0. The van der Waals surface area contributed by atoms with E-state index in [1.54, 1.807) is 6.07 Å². The van der Waals surface area contributed by atoms with E-state index >= 15 is 0 Å². The van der Waals surface area contributed by atoms with Crippen molar-refractivity contribution in [3.05, 3.63) is 53.1 Å². The molecular formula is C21H22F3NO2. The van der Waals surface area contributed by atoms with E-state index in [1.807, 2.05) is 32.9 Å². The minimum atomic E-state index is -4.46. The number of hydrogen-bond acceptors (Lipinski definition) is 3. The van der Waals surface area contributed by atoms with E-state index in [2.05, 4.69) is 5.32 Å². The predicted octanol–water partition coefficient (Wildman–Crippen LogP) is 5.48. The SMILES string of the molecule is COc1ccc(C(F)(F)F)cc1-c1ccc2c(c1CO)C(C)=CC(C)(C)N2. The van der Waals surface area contributed by atoms with Gasteiger partial charge in [0.1, 0.15) is 5.75 Å². The van der Waals surface area contributed by atoms with Crippen LogP contribution in [0.5, 0.6) is 5.75 Å². The monoisotopic (exact) mass is 377 g/mol. The summed E-state index contributed by atoms with van der Waals surface area (Å²) in [4.78, 5) is 0. The van der Waals surface area contributed by atoms with Crippen LogP contribution in [0.1, 0.15) is 37.5 Å². The summed E-state index contributed by atoms with van der Waals surface area (Å²) in [6.45, 7) is 5.70. The number of aliphatic hydroxyl groups excluding tert-OH is 1. The van der Waals surface area contributed by atoms with Crippen LogP contribution in [0.2, 0.25) is 0 Å². The van der Waals surface area contributed by atoms with Gasteiger partial charge in [-0.05, 0) is 61.7 Å². The van der Waals surface area contributed by atoms with E-state index < -0.39 is 11.7 Å². The molecule has 2 aromatic rings. The summed E-state index contributed by atoms with van der Waals surface area (Å²) in [5.74, 6) is 0.323. The number of hydrogen-bond donors (Lipinski definition) is 2. The van der Waals surface area contributed by atoms with E-state index in [4.69, 9.17) is 4.74 Å². The van der Waals surface area contributed by atoms with Crippen molar-refractivity contribution in [3.63, 3.8) is 0 Å². The number of ether oxygens (including phenoxy) is 1. The lowest BCUT2D eigenvalue weighted by molar-refractivity contribution is -0.137. The van der Waals surface area contributed by atoms with Crippen LogP contribution in [-0.2, 0) is 12.8 Å². The summed E-state index contributed by atoms with van der Waals surface area (Å²) >= 11 is 0. The first-order valence-electron chi connectivity index (χ1n) is 8.58. The van der Waals surface area contributed by atoms with Crippen LogP contribution < -0.4 is 10.1 Å². The molecule has 0 unspecified atom stereocenters. The highest BCUT2D eigenvalue weighted by molar-refractivity contribution is 5.88. The van der Waals surface area contributed by atoms with Gasteiger partial charge in [-0.15, -0.1) is 0 Å². The summed E-state index contributed by atoms with van der Waals surface area (Å²) < 4.78 is 44.9. The smallest absolute Gasteiger partial charge is 0.416 e. The second kappa shape index (κ2) is 6.60. The summed E-state index contributed by atoms with van der Waals surface area (Å²) in [6.07, 6.45) is -2.42. The standard InChI is InChI=1S/C21H22F3NO2/c1-12-10-20(2,3)25-17-7-6-14(16(11-26)19(12)17)15-9-13(21(22,23)24)5-8-18(15)27-4/h5-10,25-26H,11H2,1-4H3. The number of aliphatic hydroxyl groups is 1. The highest BCUT2D eigenvalue weighted by Gasteiger charge is 2.32. The lowest BCUT2D eigenvalue weighted by atomic mass is 9.85. The molecule has 2 aromatic carbocycles. The molecule has 3 rings (SSSR count). The molecule has 0 spiro atoms. The Morgan fingerprint density at radius 2 is 1.81 bits per heavy atom. The number of alkyl halides is 3. The molecule has 0 atom stereocenters. The van der Waals surface area contributed by atoms with Gasteiger partial charge in [0.2, 0.25) is 0 Å². The van der Waals surface area contributed by atoms with Gasteiger partial charge in [0, 0.05) is 16.8 Å². The molecule has 1 aliphatic heterocycles. The lowest BCUT2D eigenvalue weighted by Crippen LogP contribution is -2.31. The zero-order valence-corrected chi connectivity index (χ0v) is 15.7. The molecule has 2 N–H and O–H groups in total. The molecule has 0 fully saturated rings. The molecule has 0 aliphatic carbocycles. The fraction of sp³-hybridized carbons (Fsp3) is 0.333. The molecule has 0 bridgehead atoms. The number of nitrogens with one attached hydrogen (secondary N) is 1. The van der Waals surface area contributed by atoms with E-state index in [9.17, 15) is 18.3 Å². The summed E-state index contributed by atoms with van der Waals surface area (Å²) in [5.41, 5.74) is 3.01. The van der Waals surface area contributed by atoms with Crippen LogP contribution in [0.4, 0.5) is 18.9 Å². The molecule has 0 aromatic heterocycles. The molecule has 0 radical (unpaired) electrons. The van der Waals surface area contributed by atoms with Gasteiger partial charge >= 0.3 is 6.18 Å². The number of rotatable bonds is 3. The van der Waals surface area contributed by atoms with E-state index in [0.29, 0.717) is 22.4 Å². The number of fused-ring (bicyclic) bond motifs is 1. The van der Waals surface area contributed by atoms with Crippen LogP contribution >= 0.6 is 0 Å². The maximum atomic E-state index is 13.2. The fourth-order valence-electron chi connectivity index (χ4n) is 3.71. The number of methoxy groups -OCH3 is 1. The molecule has 6 heteroatoms. The fourth-order valence-corrected chi connectivity index (χ4v) is 3.71. The van der Waals surface area contributed by atoms with Gasteiger partial charge < -0.3 is 15.2 Å². The van der Waals surface area contributed by atoms with E-state index in [-0.39, 0.29) is 12.1 Å². The first kappa shape index (κ1) is 19.3. The molecule has 27 heavy (non-hydrogen) atoms. The Bertz CT molecular complexity index is 914. The molecular weight excluding hydrogens is 355 g/mol. The summed E-state index contributed by atoms with van der Waals surface area (Å²) in [7, 11) is 1.42. The van der Waals surface area contributed by atoms with E-state index in [1.165, 1.54) is 13.2 Å². The van der Waals surface area contributed by atoms with Crippen LogP contribution in [0.25, 0.3) is 16.7 Å². The Kier molecular flexibility index (Phi) is 4.72. The first-order chi connectivity index (χ1) is 12.6. The average molecular weight is 377 g/mol. The highest BCUT2D eigenvalue weighted by atomic mass is 19.4. The Morgan fingerprint density at radius 3 is 2.41 bits per heavy atom. The third kappa shape index (κ3) is 3.54. The van der Waals surface area contributed by atoms with Crippen LogP contribution in [0, 0.1) is 0 Å². The topological polar surface area (TPSA) is 41.5 Å². The largest absolute Gasteiger partial charge is 0.496 e. The number of allylic oxidation sites excluding steroid dienone is 1. The van der Waals surface area contributed by atoms with Crippen molar-refractivity contribution in [1.82, 2.24) is 0 Å². The quantitative estimate of drug-likeness (QED) is 0.744. The maximum Gasteiger partial charge on any atom is 0.416 e. The molecule has 1 aliphatic rings. The molecule has 0 saturated carbocycles. The Balaban J connectivity index is 2.27. The highest BCUT2D eigenvalue weighted by Crippen LogP contribution is 2.43. The van der Waals surface area contributed by atoms with Crippen LogP contribution in [0.3, 0.4) is 0 Å². The predicted molar refractivity (Wildman–Crippen MR) is 101 cm³/mol. The number of anilines is 1. The summed E-state index contributed by atoms with van der Waals surface area (Å²) in [5, 5.41) is 13.4. The van der Waals surface area contributed by atoms with Crippen molar-refractivity contribution < 1.29 is 23.0 Å². The lowest BCUT2D eigenvalue weighted by Gasteiger charge is -2.33. The Labute approximate surface area is 156 Å². The molecule has 1 heterocycles. The zero-order valence-electron chi connectivity index (χ0n) is 15.7. The van der Waals surface area contributed by atoms with Gasteiger partial charge in [-0.3, -0.25) is 0 Å². The average Bonchev–Trinajstić information content (AvgIpc) is 2.58. The van der Waals surface area contributed by atoms with E-state index in [0.717, 1.165) is 29.0 Å². The Morgan fingerprint density at radius 1 is 1.11 bits per heavy atom. The maximum absolute atomic E-state index is 13.2. The molecule has 0 saturated heterocycles. The van der Waals surface area contributed by atoms with Crippen molar-refractivity contribution in [2.45, 2.75) is 39.1 Å². The second-order valence-corrected chi connectivity index (χ2v) is 7.26. The third-order valence-corrected chi connectivity index (χ3v) is 4.72. The third-order valence-electron chi connectivity index (χ3n) is 4.72. The number of benzene rings is 2. The van der Waals surface area contributed by atoms with Crippen molar-refractivity contribution in [3.8, 4) is 16.9 Å². The van der Waals surface area contributed by atoms with Gasteiger partial charge in [0.15, 0.2) is 0 Å². The van der Waals surface area contributed by atoms with Gasteiger partial charge in [0.25, 0.3) is 0 Å². The van der Waals surface area contributed by atoms with Gasteiger partial charge in [-0.2, -0.15) is 13.2 Å². The van der Waals surface area contributed by atoms with Crippen molar-refractivity contribution in [1.29, 1.82) is 0 Å². The molecule has 0 amide bonds. The van der Waals surface area contributed by atoms with Crippen molar-refractivity contribution >= 4 is 11.3 Å². The van der Waals surface area contributed by atoms with Crippen molar-refractivity contribution in [2.75, 3.05) is 12.4 Å². The Hall–Kier alpha value is -2.47. The second-order valence-electron chi connectivity index (χ2n) is 7.26. The van der Waals surface area contributed by atoms with Gasteiger partial charge in [-0.1, -0.05) is 12.1 Å².